The highest BCUT2D eigenvalue weighted by Gasteiger charge is 2.32. The minimum Gasteiger partial charge on any atom is -0.451 e. The lowest BCUT2D eigenvalue weighted by Gasteiger charge is -2.35. The van der Waals surface area contributed by atoms with Crippen molar-refractivity contribution in [2.45, 2.75) is 19.9 Å². The number of furan rings is 1. The summed E-state index contributed by atoms with van der Waals surface area (Å²) in [6, 6.07) is 5.81. The molecule has 0 aliphatic carbocycles. The number of aromatic nitrogens is 2. The van der Waals surface area contributed by atoms with Crippen LogP contribution in [0.25, 0.3) is 11.0 Å². The molecule has 1 aliphatic heterocycles. The van der Waals surface area contributed by atoms with Crippen LogP contribution in [0.2, 0.25) is 0 Å². The van der Waals surface area contributed by atoms with Gasteiger partial charge >= 0.3 is 0 Å². The molecule has 7 heteroatoms. The number of hydrogen-bond donors (Lipinski definition) is 1. The summed E-state index contributed by atoms with van der Waals surface area (Å²) in [7, 11) is 1.95. The Morgan fingerprint density at radius 1 is 1.27 bits per heavy atom. The van der Waals surface area contributed by atoms with E-state index in [0.717, 1.165) is 28.9 Å². The molecule has 26 heavy (non-hydrogen) atoms. The Bertz CT molecular complexity index is 907. The number of nitrogens with one attached hydrogen (secondary N) is 1. The van der Waals surface area contributed by atoms with E-state index in [1.807, 2.05) is 41.8 Å². The van der Waals surface area contributed by atoms with Crippen molar-refractivity contribution in [3.05, 3.63) is 53.3 Å². The number of benzene rings is 1. The van der Waals surface area contributed by atoms with E-state index in [0.29, 0.717) is 18.8 Å². The van der Waals surface area contributed by atoms with Gasteiger partial charge < -0.3 is 19.2 Å². The lowest BCUT2D eigenvalue weighted by Crippen LogP contribution is -2.49. The quantitative estimate of drug-likeness (QED) is 0.749. The molecule has 138 valence electrons. The largest absolute Gasteiger partial charge is 0.451 e. The van der Waals surface area contributed by atoms with E-state index in [4.69, 9.17) is 4.42 Å². The van der Waals surface area contributed by atoms with Gasteiger partial charge in [-0.1, -0.05) is 0 Å². The van der Waals surface area contributed by atoms with E-state index in [1.165, 1.54) is 5.56 Å². The van der Waals surface area contributed by atoms with Gasteiger partial charge in [0, 0.05) is 44.5 Å². The number of carbonyl (C=O) groups excluding carboxylic acids is 1. The Morgan fingerprint density at radius 3 is 2.77 bits per heavy atom. The van der Waals surface area contributed by atoms with Crippen LogP contribution < -0.4 is 5.32 Å². The highest BCUT2D eigenvalue weighted by molar-refractivity contribution is 5.96. The van der Waals surface area contributed by atoms with Crippen LogP contribution in [-0.4, -0.2) is 40.0 Å². The second-order valence-corrected chi connectivity index (χ2v) is 6.70. The third kappa shape index (κ3) is 3.10. The molecule has 0 saturated carbocycles. The zero-order valence-corrected chi connectivity index (χ0v) is 16.0. The van der Waals surface area contributed by atoms with E-state index < -0.39 is 0 Å². The number of hydrogen-bond acceptors (Lipinski definition) is 4. The summed E-state index contributed by atoms with van der Waals surface area (Å²) >= 11 is 0. The lowest BCUT2D eigenvalue weighted by atomic mass is 10.1. The molecule has 1 aliphatic rings. The van der Waals surface area contributed by atoms with E-state index in [-0.39, 0.29) is 24.4 Å². The molecule has 0 radical (unpaired) electrons. The van der Waals surface area contributed by atoms with Gasteiger partial charge in [-0.25, -0.2) is 4.98 Å². The number of carbonyl (C=O) groups is 1. The van der Waals surface area contributed by atoms with Gasteiger partial charge in [0.2, 0.25) is 0 Å². The molecule has 1 N–H and O–H groups in total. The number of aryl methyl sites for hydroxylation is 3. The minimum absolute atomic E-state index is 0. The van der Waals surface area contributed by atoms with Crippen molar-refractivity contribution in [3.8, 4) is 0 Å². The van der Waals surface area contributed by atoms with Crippen LogP contribution in [0.1, 0.15) is 33.5 Å². The fourth-order valence-electron chi connectivity index (χ4n) is 3.43. The summed E-state index contributed by atoms with van der Waals surface area (Å²) in [5.74, 6) is 1.19. The minimum atomic E-state index is -0.0991. The van der Waals surface area contributed by atoms with Crippen molar-refractivity contribution in [2.75, 3.05) is 19.6 Å². The van der Waals surface area contributed by atoms with Crippen molar-refractivity contribution in [1.29, 1.82) is 0 Å². The maximum absolute atomic E-state index is 13.1. The monoisotopic (exact) mass is 374 g/mol. The van der Waals surface area contributed by atoms with Crippen LogP contribution in [0, 0.1) is 13.8 Å². The molecule has 6 nitrogen and oxygen atoms in total. The summed E-state index contributed by atoms with van der Waals surface area (Å²) in [4.78, 5) is 19.4. The van der Waals surface area contributed by atoms with Gasteiger partial charge in [-0.05, 0) is 43.2 Å². The zero-order chi connectivity index (χ0) is 17.6. The van der Waals surface area contributed by atoms with Gasteiger partial charge in [0.1, 0.15) is 17.4 Å². The molecular weight excluding hydrogens is 352 g/mol. The first-order chi connectivity index (χ1) is 12.0. The third-order valence-electron chi connectivity index (χ3n) is 5.00. The lowest BCUT2D eigenvalue weighted by molar-refractivity contribution is 0.0590. The zero-order valence-electron chi connectivity index (χ0n) is 15.2. The molecule has 0 bridgehead atoms. The van der Waals surface area contributed by atoms with Crippen LogP contribution in [0.5, 0.6) is 0 Å². The molecule has 1 atom stereocenters. The molecule has 1 fully saturated rings. The number of halogens is 1. The number of fused-ring (bicyclic) bond motifs is 1. The smallest absolute Gasteiger partial charge is 0.290 e. The fraction of sp³-hybridized carbons (Fsp3) is 0.368. The summed E-state index contributed by atoms with van der Waals surface area (Å²) in [5, 5.41) is 4.32. The number of imidazole rings is 1. The molecule has 3 aromatic rings. The Balaban J connectivity index is 0.00000196. The molecule has 4 rings (SSSR count). The van der Waals surface area contributed by atoms with E-state index >= 15 is 0 Å². The summed E-state index contributed by atoms with van der Waals surface area (Å²) in [6.07, 6.45) is 3.67. The number of piperazine rings is 1. The number of rotatable bonds is 2. The molecule has 2 aromatic heterocycles. The second kappa shape index (κ2) is 7.13. The van der Waals surface area contributed by atoms with Crippen molar-refractivity contribution < 1.29 is 9.21 Å². The predicted molar refractivity (Wildman–Crippen MR) is 103 cm³/mol. The van der Waals surface area contributed by atoms with Gasteiger partial charge in [-0.15, -0.1) is 12.4 Å². The number of amides is 1. The average molecular weight is 375 g/mol. The summed E-state index contributed by atoms with van der Waals surface area (Å²) < 4.78 is 7.84. The third-order valence-corrected chi connectivity index (χ3v) is 5.00. The fourth-order valence-corrected chi connectivity index (χ4v) is 3.43. The standard InChI is InChI=1S/C19H22N4O2.ClH/c1-12-8-14-10-17(25-16(14)9-13(12)2)19(24)23-7-4-20-11-15(23)18-21-5-6-22(18)3;/h5-6,8-10,15,20H,4,7,11H2,1-3H3;1H. The Kier molecular flexibility index (Phi) is 5.07. The molecule has 3 heterocycles. The first-order valence-corrected chi connectivity index (χ1v) is 8.54. The predicted octanol–water partition coefficient (Wildman–Crippen LogP) is 2.99. The van der Waals surface area contributed by atoms with Gasteiger partial charge in [0.15, 0.2) is 5.76 Å². The van der Waals surface area contributed by atoms with Crippen molar-refractivity contribution in [3.63, 3.8) is 0 Å². The van der Waals surface area contributed by atoms with Gasteiger partial charge in [0.05, 0.1) is 0 Å². The van der Waals surface area contributed by atoms with E-state index in [2.05, 4.69) is 23.3 Å². The van der Waals surface area contributed by atoms with E-state index in [1.54, 1.807) is 6.20 Å². The van der Waals surface area contributed by atoms with E-state index in [9.17, 15) is 4.79 Å². The number of nitrogens with zero attached hydrogens (tertiary/aromatic N) is 3. The van der Waals surface area contributed by atoms with Gasteiger partial charge in [-0.3, -0.25) is 4.79 Å². The van der Waals surface area contributed by atoms with Crippen LogP contribution in [0.4, 0.5) is 0 Å². The molecule has 1 aromatic carbocycles. The van der Waals surface area contributed by atoms with Crippen LogP contribution >= 0.6 is 12.4 Å². The van der Waals surface area contributed by atoms with Crippen molar-refractivity contribution in [1.82, 2.24) is 19.8 Å². The second-order valence-electron chi connectivity index (χ2n) is 6.70. The Labute approximate surface area is 158 Å². The van der Waals surface area contributed by atoms with Crippen molar-refractivity contribution in [2.24, 2.45) is 7.05 Å². The normalized spacial score (nSPS) is 17.3. The Morgan fingerprint density at radius 2 is 2.04 bits per heavy atom. The summed E-state index contributed by atoms with van der Waals surface area (Å²) in [5.41, 5.74) is 3.12. The highest BCUT2D eigenvalue weighted by atomic mass is 35.5. The Hall–Kier alpha value is -2.31. The maximum atomic E-state index is 13.1. The van der Waals surface area contributed by atoms with Crippen LogP contribution in [0.15, 0.2) is 35.0 Å². The van der Waals surface area contributed by atoms with Gasteiger partial charge in [-0.2, -0.15) is 0 Å². The highest BCUT2D eigenvalue weighted by Crippen LogP contribution is 2.27. The summed E-state index contributed by atoms with van der Waals surface area (Å²) in [6.45, 7) is 6.20. The SMILES string of the molecule is Cc1cc2cc(C(=O)N3CCNCC3c3nccn3C)oc2cc1C.Cl. The van der Waals surface area contributed by atoms with Crippen LogP contribution in [-0.2, 0) is 7.05 Å². The molecule has 1 saturated heterocycles. The average Bonchev–Trinajstić information content (AvgIpc) is 3.20. The first-order valence-electron chi connectivity index (χ1n) is 8.54. The molecular formula is C19H23ClN4O2. The molecule has 0 spiro atoms. The first kappa shape index (κ1) is 18.5. The molecule has 1 amide bonds. The van der Waals surface area contributed by atoms with Crippen LogP contribution in [0.3, 0.4) is 0 Å². The van der Waals surface area contributed by atoms with Crippen molar-refractivity contribution >= 4 is 29.3 Å². The maximum Gasteiger partial charge on any atom is 0.290 e. The molecule has 1 unspecified atom stereocenters. The topological polar surface area (TPSA) is 63.3 Å². The van der Waals surface area contributed by atoms with Gasteiger partial charge in [0.25, 0.3) is 5.91 Å².